The van der Waals surface area contributed by atoms with Crippen LogP contribution in [0.4, 0.5) is 5.69 Å². The Balaban J connectivity index is 0.00000320. The third-order valence-electron chi connectivity index (χ3n) is 5.09. The second-order valence-corrected chi connectivity index (χ2v) is 8.62. The number of aromatic nitrogens is 1. The molecule has 1 fully saturated rings. The SMILES string of the molecule is CCNC(=NCc1cccc(NC(=O)C2CCCC2)c1)N(C)Cc1csc(C)n1.I. The molecule has 0 aliphatic heterocycles. The molecule has 1 aromatic carbocycles. The second-order valence-electron chi connectivity index (χ2n) is 7.56. The van der Waals surface area contributed by atoms with Gasteiger partial charge < -0.3 is 15.5 Å². The number of hydrogen-bond acceptors (Lipinski definition) is 4. The summed E-state index contributed by atoms with van der Waals surface area (Å²) >= 11 is 1.66. The quantitative estimate of drug-likeness (QED) is 0.300. The largest absolute Gasteiger partial charge is 0.357 e. The van der Waals surface area contributed by atoms with Gasteiger partial charge in [-0.05, 0) is 44.4 Å². The number of amides is 1. The van der Waals surface area contributed by atoms with E-state index in [4.69, 9.17) is 4.99 Å². The van der Waals surface area contributed by atoms with Crippen LogP contribution in [0.3, 0.4) is 0 Å². The lowest BCUT2D eigenvalue weighted by Crippen LogP contribution is -2.38. The van der Waals surface area contributed by atoms with E-state index in [1.807, 2.05) is 38.2 Å². The summed E-state index contributed by atoms with van der Waals surface area (Å²) in [6.07, 6.45) is 4.33. The zero-order chi connectivity index (χ0) is 20.6. The van der Waals surface area contributed by atoms with E-state index in [2.05, 4.69) is 32.8 Å². The van der Waals surface area contributed by atoms with Crippen molar-refractivity contribution >= 4 is 52.9 Å². The summed E-state index contributed by atoms with van der Waals surface area (Å²) in [6.45, 7) is 6.15. The molecule has 164 valence electrons. The van der Waals surface area contributed by atoms with Crippen LogP contribution in [0.15, 0.2) is 34.6 Å². The number of nitrogens with zero attached hydrogens (tertiary/aromatic N) is 3. The van der Waals surface area contributed by atoms with Crippen molar-refractivity contribution in [1.29, 1.82) is 0 Å². The van der Waals surface area contributed by atoms with E-state index in [1.54, 1.807) is 11.3 Å². The number of hydrogen-bond donors (Lipinski definition) is 2. The summed E-state index contributed by atoms with van der Waals surface area (Å²) in [7, 11) is 2.02. The molecule has 2 aromatic rings. The Morgan fingerprint density at radius 2 is 2.10 bits per heavy atom. The Hall–Kier alpha value is -1.68. The smallest absolute Gasteiger partial charge is 0.227 e. The lowest BCUT2D eigenvalue weighted by Gasteiger charge is -2.21. The first kappa shape index (κ1) is 24.6. The van der Waals surface area contributed by atoms with Crippen LogP contribution >= 0.6 is 35.3 Å². The maximum atomic E-state index is 12.4. The Bertz CT molecular complexity index is 848. The first-order valence-electron chi connectivity index (χ1n) is 10.4. The lowest BCUT2D eigenvalue weighted by atomic mass is 10.1. The molecule has 1 aliphatic carbocycles. The van der Waals surface area contributed by atoms with Gasteiger partial charge >= 0.3 is 0 Å². The number of rotatable bonds is 7. The lowest BCUT2D eigenvalue weighted by molar-refractivity contribution is -0.119. The molecule has 1 aromatic heterocycles. The zero-order valence-corrected chi connectivity index (χ0v) is 21.1. The van der Waals surface area contributed by atoms with Gasteiger partial charge in [0.25, 0.3) is 0 Å². The molecule has 0 atom stereocenters. The van der Waals surface area contributed by atoms with E-state index in [-0.39, 0.29) is 35.8 Å². The Kier molecular flexibility index (Phi) is 10.0. The standard InChI is InChI=1S/C22H31N5OS.HI/c1-4-23-22(27(3)14-20-15-29-16(2)25-20)24-13-17-8-7-11-19(12-17)26-21(28)18-9-5-6-10-18;/h7-8,11-12,15,18H,4-6,9-10,13-14H2,1-3H3,(H,23,24)(H,26,28);1H. The maximum Gasteiger partial charge on any atom is 0.227 e. The number of thiazole rings is 1. The predicted molar refractivity (Wildman–Crippen MR) is 136 cm³/mol. The fourth-order valence-electron chi connectivity index (χ4n) is 3.61. The van der Waals surface area contributed by atoms with E-state index in [0.717, 1.165) is 60.1 Å². The molecule has 0 saturated heterocycles. The maximum absolute atomic E-state index is 12.4. The number of carbonyl (C=O) groups excluding carboxylic acids is 1. The average Bonchev–Trinajstić information content (AvgIpc) is 3.37. The van der Waals surface area contributed by atoms with Gasteiger partial charge in [0, 0.05) is 30.6 Å². The highest BCUT2D eigenvalue weighted by Gasteiger charge is 2.22. The van der Waals surface area contributed by atoms with E-state index in [1.165, 1.54) is 0 Å². The van der Waals surface area contributed by atoms with Gasteiger partial charge in [0.1, 0.15) is 0 Å². The number of nitrogens with one attached hydrogen (secondary N) is 2. The van der Waals surface area contributed by atoms with Gasteiger partial charge in [0.2, 0.25) is 5.91 Å². The highest BCUT2D eigenvalue weighted by molar-refractivity contribution is 14.0. The van der Waals surface area contributed by atoms with E-state index < -0.39 is 0 Å². The van der Waals surface area contributed by atoms with Crippen molar-refractivity contribution in [1.82, 2.24) is 15.2 Å². The summed E-state index contributed by atoms with van der Waals surface area (Å²) in [4.78, 5) is 23.8. The molecule has 0 radical (unpaired) electrons. The Labute approximate surface area is 200 Å². The Morgan fingerprint density at radius 1 is 1.33 bits per heavy atom. The van der Waals surface area contributed by atoms with Crippen LogP contribution in [0.2, 0.25) is 0 Å². The predicted octanol–water partition coefficient (Wildman–Crippen LogP) is 4.80. The highest BCUT2D eigenvalue weighted by atomic mass is 127. The van der Waals surface area contributed by atoms with Gasteiger partial charge in [0.05, 0.1) is 23.8 Å². The molecule has 3 rings (SSSR count). The molecule has 1 amide bonds. The third kappa shape index (κ3) is 7.23. The molecule has 30 heavy (non-hydrogen) atoms. The van der Waals surface area contributed by atoms with Gasteiger partial charge in [-0.1, -0.05) is 25.0 Å². The van der Waals surface area contributed by atoms with Crippen LogP contribution < -0.4 is 10.6 Å². The minimum Gasteiger partial charge on any atom is -0.357 e. The van der Waals surface area contributed by atoms with Gasteiger partial charge in [0.15, 0.2) is 5.96 Å². The summed E-state index contributed by atoms with van der Waals surface area (Å²) in [6, 6.07) is 7.98. The van der Waals surface area contributed by atoms with Crippen LogP contribution in [0.1, 0.15) is 48.9 Å². The molecule has 0 spiro atoms. The summed E-state index contributed by atoms with van der Waals surface area (Å²) < 4.78 is 0. The molecule has 0 unspecified atom stereocenters. The molecule has 1 saturated carbocycles. The van der Waals surface area contributed by atoms with E-state index in [9.17, 15) is 4.79 Å². The normalized spacial score (nSPS) is 14.3. The number of benzene rings is 1. The van der Waals surface area contributed by atoms with Crippen LogP contribution in [-0.4, -0.2) is 35.3 Å². The van der Waals surface area contributed by atoms with Gasteiger partial charge in [-0.25, -0.2) is 9.98 Å². The van der Waals surface area contributed by atoms with Crippen LogP contribution in [0.5, 0.6) is 0 Å². The molecule has 6 nitrogen and oxygen atoms in total. The van der Waals surface area contributed by atoms with Gasteiger partial charge in [-0.2, -0.15) is 0 Å². The van der Waals surface area contributed by atoms with Crippen molar-refractivity contribution in [3.63, 3.8) is 0 Å². The van der Waals surface area contributed by atoms with Crippen LogP contribution in [0.25, 0.3) is 0 Å². The number of aliphatic imine (C=N–C) groups is 1. The van der Waals surface area contributed by atoms with Gasteiger partial charge in [-0.15, -0.1) is 35.3 Å². The number of guanidine groups is 1. The average molecular weight is 542 g/mol. The van der Waals surface area contributed by atoms with E-state index in [0.29, 0.717) is 13.1 Å². The van der Waals surface area contributed by atoms with Crippen molar-refractivity contribution in [3.8, 4) is 0 Å². The minimum absolute atomic E-state index is 0. The van der Waals surface area contributed by atoms with Crippen molar-refractivity contribution < 1.29 is 4.79 Å². The molecule has 1 aliphatic rings. The molecule has 0 bridgehead atoms. The van der Waals surface area contributed by atoms with Crippen molar-refractivity contribution in [2.45, 2.75) is 52.6 Å². The molecule has 2 N–H and O–H groups in total. The first-order valence-corrected chi connectivity index (χ1v) is 11.2. The molecule has 1 heterocycles. The second kappa shape index (κ2) is 12.2. The molecular formula is C22H32IN5OS. The first-order chi connectivity index (χ1) is 14.0. The van der Waals surface area contributed by atoms with E-state index >= 15 is 0 Å². The minimum atomic E-state index is 0. The molecule has 8 heteroatoms. The third-order valence-corrected chi connectivity index (χ3v) is 5.92. The summed E-state index contributed by atoms with van der Waals surface area (Å²) in [5, 5.41) is 9.58. The van der Waals surface area contributed by atoms with Crippen molar-refractivity contribution in [3.05, 3.63) is 45.9 Å². The number of carbonyl (C=O) groups is 1. The number of aryl methyl sites for hydroxylation is 1. The number of anilines is 1. The monoisotopic (exact) mass is 541 g/mol. The summed E-state index contributed by atoms with van der Waals surface area (Å²) in [5.41, 5.74) is 2.98. The fourth-order valence-corrected chi connectivity index (χ4v) is 4.22. The Morgan fingerprint density at radius 3 is 2.77 bits per heavy atom. The summed E-state index contributed by atoms with van der Waals surface area (Å²) in [5.74, 6) is 1.16. The van der Waals surface area contributed by atoms with Gasteiger partial charge in [-0.3, -0.25) is 4.79 Å². The highest BCUT2D eigenvalue weighted by Crippen LogP contribution is 2.26. The topological polar surface area (TPSA) is 69.6 Å². The fraction of sp³-hybridized carbons (Fsp3) is 0.500. The zero-order valence-electron chi connectivity index (χ0n) is 18.0. The number of halogens is 1. The molecular weight excluding hydrogens is 509 g/mol. The van der Waals surface area contributed by atoms with Crippen LogP contribution in [-0.2, 0) is 17.9 Å². The van der Waals surface area contributed by atoms with Crippen molar-refractivity contribution in [2.75, 3.05) is 18.9 Å². The van der Waals surface area contributed by atoms with Crippen LogP contribution in [0, 0.1) is 12.8 Å². The van der Waals surface area contributed by atoms with Crippen molar-refractivity contribution in [2.24, 2.45) is 10.9 Å².